The van der Waals surface area contributed by atoms with E-state index in [0.29, 0.717) is 5.56 Å². The number of nitrogens with zero attached hydrogens (tertiary/aromatic N) is 3. The van der Waals surface area contributed by atoms with Gasteiger partial charge in [0, 0.05) is 12.6 Å². The Morgan fingerprint density at radius 3 is 2.29 bits per heavy atom. The van der Waals surface area contributed by atoms with Crippen molar-refractivity contribution in [3.63, 3.8) is 0 Å². The second kappa shape index (κ2) is 4.08. The molecule has 1 N–H and O–H groups in total. The van der Waals surface area contributed by atoms with Gasteiger partial charge in [-0.2, -0.15) is 13.2 Å². The standard InChI is InChI=1S/C10H9F3N4/c1-17-9(10(11,12)13)15-14-8(16-17)7-5-3-2-4-6-7/h2-6H,1H3,(H,14,16). The minimum Gasteiger partial charge on any atom is -0.279 e. The van der Waals surface area contributed by atoms with Crippen LogP contribution in [-0.4, -0.2) is 29.9 Å². The summed E-state index contributed by atoms with van der Waals surface area (Å²) in [5.41, 5.74) is 3.19. The Hall–Kier alpha value is -2.05. The highest BCUT2D eigenvalue weighted by molar-refractivity contribution is 6.02. The molecule has 0 unspecified atom stereocenters. The van der Waals surface area contributed by atoms with Crippen molar-refractivity contribution < 1.29 is 13.2 Å². The lowest BCUT2D eigenvalue weighted by Gasteiger charge is -2.26. The van der Waals surface area contributed by atoms with E-state index in [4.69, 9.17) is 0 Å². The van der Waals surface area contributed by atoms with Crippen LogP contribution in [0.5, 0.6) is 0 Å². The van der Waals surface area contributed by atoms with Crippen LogP contribution in [0.25, 0.3) is 0 Å². The van der Waals surface area contributed by atoms with Gasteiger partial charge in [0.25, 0.3) is 5.84 Å². The van der Waals surface area contributed by atoms with Crippen molar-refractivity contribution in [3.05, 3.63) is 35.9 Å². The third kappa shape index (κ3) is 2.38. The van der Waals surface area contributed by atoms with Gasteiger partial charge in [-0.3, -0.25) is 10.4 Å². The minimum atomic E-state index is -4.52. The quantitative estimate of drug-likeness (QED) is 0.815. The van der Waals surface area contributed by atoms with Crippen LogP contribution in [0, 0.1) is 0 Å². The van der Waals surface area contributed by atoms with E-state index in [2.05, 4.69) is 15.6 Å². The fraction of sp³-hybridized carbons (Fsp3) is 0.200. The van der Waals surface area contributed by atoms with Gasteiger partial charge in [0.05, 0.1) is 0 Å². The Labute approximate surface area is 95.4 Å². The number of halogens is 3. The first kappa shape index (κ1) is 11.4. The summed E-state index contributed by atoms with van der Waals surface area (Å²) < 4.78 is 37.3. The van der Waals surface area contributed by atoms with Crippen LogP contribution in [0.3, 0.4) is 0 Å². The van der Waals surface area contributed by atoms with Crippen molar-refractivity contribution >= 4 is 11.7 Å². The van der Waals surface area contributed by atoms with E-state index >= 15 is 0 Å². The number of nitrogens with one attached hydrogen (secondary N) is 1. The molecule has 0 atom stereocenters. The molecule has 1 heterocycles. The second-order valence-electron chi connectivity index (χ2n) is 3.41. The highest BCUT2D eigenvalue weighted by Crippen LogP contribution is 2.20. The van der Waals surface area contributed by atoms with Crippen LogP contribution in [-0.2, 0) is 0 Å². The summed E-state index contributed by atoms with van der Waals surface area (Å²) in [5.74, 6) is -0.793. The highest BCUT2D eigenvalue weighted by atomic mass is 19.4. The molecule has 0 radical (unpaired) electrons. The van der Waals surface area contributed by atoms with Gasteiger partial charge < -0.3 is 0 Å². The van der Waals surface area contributed by atoms with Crippen LogP contribution in [0.4, 0.5) is 13.2 Å². The Kier molecular flexibility index (Phi) is 2.74. The molecule has 0 bridgehead atoms. The molecule has 17 heavy (non-hydrogen) atoms. The smallest absolute Gasteiger partial charge is 0.279 e. The van der Waals surface area contributed by atoms with Gasteiger partial charge in [-0.25, -0.2) is 0 Å². The van der Waals surface area contributed by atoms with Crippen molar-refractivity contribution in [2.24, 2.45) is 10.2 Å². The lowest BCUT2D eigenvalue weighted by molar-refractivity contribution is -0.0695. The van der Waals surface area contributed by atoms with Gasteiger partial charge in [-0.15, -0.1) is 10.2 Å². The van der Waals surface area contributed by atoms with Crippen LogP contribution < -0.4 is 5.43 Å². The van der Waals surface area contributed by atoms with Crippen molar-refractivity contribution in [1.82, 2.24) is 10.4 Å². The second-order valence-corrected chi connectivity index (χ2v) is 3.41. The predicted octanol–water partition coefficient (Wildman–Crippen LogP) is 1.76. The zero-order valence-corrected chi connectivity index (χ0v) is 8.86. The zero-order valence-electron chi connectivity index (χ0n) is 8.86. The number of hydrazine groups is 1. The molecular weight excluding hydrogens is 233 g/mol. The largest absolute Gasteiger partial charge is 0.453 e. The van der Waals surface area contributed by atoms with Gasteiger partial charge in [-0.1, -0.05) is 30.3 Å². The van der Waals surface area contributed by atoms with Crippen molar-refractivity contribution in [1.29, 1.82) is 0 Å². The fourth-order valence-corrected chi connectivity index (χ4v) is 1.36. The topological polar surface area (TPSA) is 40.0 Å². The van der Waals surface area contributed by atoms with Crippen molar-refractivity contribution in [2.45, 2.75) is 6.18 Å². The van der Waals surface area contributed by atoms with E-state index in [1.807, 2.05) is 0 Å². The molecule has 7 heteroatoms. The SMILES string of the molecule is CN1NC(c2ccccc2)=NN=C1C(F)(F)F. The molecule has 0 fully saturated rings. The molecule has 0 saturated heterocycles. The third-order valence-electron chi connectivity index (χ3n) is 2.14. The van der Waals surface area contributed by atoms with Crippen LogP contribution in [0.1, 0.15) is 5.56 Å². The predicted molar refractivity (Wildman–Crippen MR) is 57.4 cm³/mol. The molecule has 2 rings (SSSR count). The van der Waals surface area contributed by atoms with Gasteiger partial charge in [0.15, 0.2) is 5.84 Å². The molecule has 0 spiro atoms. The Balaban J connectivity index is 2.31. The van der Waals surface area contributed by atoms with E-state index in [9.17, 15) is 13.2 Å². The number of rotatable bonds is 1. The summed E-state index contributed by atoms with van der Waals surface area (Å²) in [7, 11) is 1.24. The average Bonchev–Trinajstić information content (AvgIpc) is 2.28. The first-order valence-electron chi connectivity index (χ1n) is 4.77. The normalized spacial score (nSPS) is 16.1. The molecule has 1 aliphatic rings. The maximum Gasteiger partial charge on any atom is 0.453 e. The maximum absolute atomic E-state index is 12.4. The molecule has 0 saturated carbocycles. The van der Waals surface area contributed by atoms with Crippen LogP contribution >= 0.6 is 0 Å². The van der Waals surface area contributed by atoms with Crippen molar-refractivity contribution in [3.8, 4) is 0 Å². The molecular formula is C10H9F3N4. The molecule has 0 aliphatic carbocycles. The van der Waals surface area contributed by atoms with Gasteiger partial charge in [0.1, 0.15) is 0 Å². The number of alkyl halides is 3. The lowest BCUT2D eigenvalue weighted by Crippen LogP contribution is -2.51. The molecule has 1 aliphatic heterocycles. The van der Waals surface area contributed by atoms with Gasteiger partial charge in [-0.05, 0) is 0 Å². The molecule has 90 valence electrons. The molecule has 1 aromatic rings. The van der Waals surface area contributed by atoms with Crippen LogP contribution in [0.2, 0.25) is 0 Å². The van der Waals surface area contributed by atoms with E-state index in [0.717, 1.165) is 5.01 Å². The van der Waals surface area contributed by atoms with E-state index in [-0.39, 0.29) is 5.84 Å². The summed E-state index contributed by atoms with van der Waals surface area (Å²) in [6.45, 7) is 0. The van der Waals surface area contributed by atoms with Crippen molar-refractivity contribution in [2.75, 3.05) is 7.05 Å². The zero-order chi connectivity index (χ0) is 12.5. The van der Waals surface area contributed by atoms with E-state index in [1.54, 1.807) is 30.3 Å². The molecule has 0 amide bonds. The first-order valence-corrected chi connectivity index (χ1v) is 4.77. The summed E-state index contributed by atoms with van der Waals surface area (Å²) in [6.07, 6.45) is -4.52. The number of hydrogen-bond donors (Lipinski definition) is 1. The fourth-order valence-electron chi connectivity index (χ4n) is 1.36. The molecule has 4 nitrogen and oxygen atoms in total. The van der Waals surface area contributed by atoms with Gasteiger partial charge >= 0.3 is 6.18 Å². The monoisotopic (exact) mass is 242 g/mol. The Morgan fingerprint density at radius 2 is 1.76 bits per heavy atom. The highest BCUT2D eigenvalue weighted by Gasteiger charge is 2.40. The summed E-state index contributed by atoms with van der Waals surface area (Å²) in [4.78, 5) is 0. The summed E-state index contributed by atoms with van der Waals surface area (Å²) >= 11 is 0. The number of benzene rings is 1. The lowest BCUT2D eigenvalue weighted by atomic mass is 10.2. The van der Waals surface area contributed by atoms with E-state index < -0.39 is 12.0 Å². The number of amidine groups is 2. The third-order valence-corrected chi connectivity index (χ3v) is 2.14. The number of hydrogen-bond acceptors (Lipinski definition) is 4. The maximum atomic E-state index is 12.4. The summed E-state index contributed by atoms with van der Waals surface area (Å²) in [6, 6.07) is 8.80. The van der Waals surface area contributed by atoms with Crippen LogP contribution in [0.15, 0.2) is 40.5 Å². The average molecular weight is 242 g/mol. The summed E-state index contributed by atoms with van der Waals surface area (Å²) in [5, 5.41) is 7.51. The minimum absolute atomic E-state index is 0.279. The molecule has 1 aromatic carbocycles. The Bertz CT molecular complexity index is 464. The van der Waals surface area contributed by atoms with E-state index in [1.165, 1.54) is 7.05 Å². The molecule has 0 aromatic heterocycles. The Morgan fingerprint density at radius 1 is 1.12 bits per heavy atom. The first-order chi connectivity index (χ1) is 7.98. The van der Waals surface area contributed by atoms with Gasteiger partial charge in [0.2, 0.25) is 0 Å².